The van der Waals surface area contributed by atoms with E-state index in [0.29, 0.717) is 5.56 Å². The van der Waals surface area contributed by atoms with Gasteiger partial charge in [0.05, 0.1) is 12.7 Å². The van der Waals surface area contributed by atoms with E-state index in [4.69, 9.17) is 4.74 Å². The fraction of sp³-hybridized carbons (Fsp3) is 0.600. The zero-order chi connectivity index (χ0) is 13.8. The molecule has 1 aromatic rings. The summed E-state index contributed by atoms with van der Waals surface area (Å²) >= 11 is 0. The number of halogens is 2. The van der Waals surface area contributed by atoms with E-state index in [2.05, 4.69) is 5.32 Å². The molecule has 0 saturated carbocycles. The Labute approximate surface area is 113 Å². The lowest BCUT2D eigenvalue weighted by molar-refractivity contribution is -0.0180. The van der Waals surface area contributed by atoms with E-state index >= 15 is 0 Å². The van der Waals surface area contributed by atoms with Gasteiger partial charge in [0.15, 0.2) is 0 Å². The van der Waals surface area contributed by atoms with Crippen LogP contribution in [0, 0.1) is 5.82 Å². The molecule has 0 radical (unpaired) electrons. The van der Waals surface area contributed by atoms with Crippen LogP contribution in [0.3, 0.4) is 0 Å². The van der Waals surface area contributed by atoms with Crippen LogP contribution < -0.4 is 5.32 Å². The van der Waals surface area contributed by atoms with Gasteiger partial charge in [-0.05, 0) is 42.6 Å². The number of hydrogen-bond donors (Lipinski definition) is 1. The number of fused-ring (bicyclic) bond motifs is 1. The quantitative estimate of drug-likeness (QED) is 0.839. The third kappa shape index (κ3) is 2.95. The minimum atomic E-state index is -1.21. The number of rotatable bonds is 1. The summed E-state index contributed by atoms with van der Waals surface area (Å²) in [6.45, 7) is 5.00. The Hall–Kier alpha value is -1.00. The summed E-state index contributed by atoms with van der Waals surface area (Å²) in [7, 11) is 0. The molecule has 106 valence electrons. The minimum absolute atomic E-state index is 0.0271. The van der Waals surface area contributed by atoms with Gasteiger partial charge in [0.25, 0.3) is 0 Å². The lowest BCUT2D eigenvalue weighted by Crippen LogP contribution is -2.34. The summed E-state index contributed by atoms with van der Waals surface area (Å²) in [5.74, 6) is -0.383. The summed E-state index contributed by atoms with van der Waals surface area (Å²) in [6.07, 6.45) is 0.789. The van der Waals surface area contributed by atoms with Crippen molar-refractivity contribution in [2.24, 2.45) is 0 Å². The molecule has 1 aromatic carbocycles. The van der Waals surface area contributed by atoms with Crippen LogP contribution in [-0.2, 0) is 4.74 Å². The Morgan fingerprint density at radius 1 is 1.26 bits per heavy atom. The zero-order valence-corrected chi connectivity index (χ0v) is 11.5. The van der Waals surface area contributed by atoms with Crippen LogP contribution >= 0.6 is 0 Å². The number of benzene rings is 1. The molecular weight excluding hydrogens is 248 g/mol. The fourth-order valence-electron chi connectivity index (χ4n) is 2.75. The molecular formula is C15H21F2NO. The third-order valence-electron chi connectivity index (χ3n) is 3.58. The van der Waals surface area contributed by atoms with E-state index in [9.17, 15) is 8.78 Å². The number of hydrogen-bond acceptors (Lipinski definition) is 2. The van der Waals surface area contributed by atoms with E-state index in [1.165, 1.54) is 12.1 Å². The monoisotopic (exact) mass is 269 g/mol. The molecule has 1 fully saturated rings. The maximum atomic E-state index is 13.7. The Balaban J connectivity index is 0.000000637. The molecule has 2 aliphatic heterocycles. The summed E-state index contributed by atoms with van der Waals surface area (Å²) in [5, 5.41) is 3.36. The molecule has 3 rings (SSSR count). The van der Waals surface area contributed by atoms with Crippen molar-refractivity contribution in [2.75, 3.05) is 13.2 Å². The Bertz CT molecular complexity index is 419. The van der Waals surface area contributed by atoms with E-state index in [-0.39, 0.29) is 24.6 Å². The number of nitrogens with one attached hydrogen (secondary N) is 1. The van der Waals surface area contributed by atoms with Crippen molar-refractivity contribution in [1.29, 1.82) is 0 Å². The van der Waals surface area contributed by atoms with Gasteiger partial charge in [-0.2, -0.15) is 0 Å². The summed E-state index contributed by atoms with van der Waals surface area (Å²) in [6, 6.07) is 4.56. The average Bonchev–Trinajstić information content (AvgIpc) is 2.96. The van der Waals surface area contributed by atoms with Crippen molar-refractivity contribution in [2.45, 2.75) is 45.0 Å². The van der Waals surface area contributed by atoms with Gasteiger partial charge in [-0.1, -0.05) is 19.9 Å². The highest BCUT2D eigenvalue weighted by molar-refractivity contribution is 5.34. The second-order valence-electron chi connectivity index (χ2n) is 4.70. The minimum Gasteiger partial charge on any atom is -0.368 e. The van der Waals surface area contributed by atoms with Crippen molar-refractivity contribution < 1.29 is 13.5 Å². The molecule has 2 heterocycles. The second-order valence-corrected chi connectivity index (χ2v) is 4.70. The van der Waals surface area contributed by atoms with E-state index in [1.54, 1.807) is 6.07 Å². The predicted octanol–water partition coefficient (Wildman–Crippen LogP) is 3.69. The summed E-state index contributed by atoms with van der Waals surface area (Å²) in [4.78, 5) is 0. The van der Waals surface area contributed by atoms with E-state index in [1.807, 2.05) is 13.8 Å². The molecule has 0 amide bonds. The molecule has 4 heteroatoms. The second kappa shape index (κ2) is 6.44. The average molecular weight is 269 g/mol. The van der Waals surface area contributed by atoms with Gasteiger partial charge in [-0.3, -0.25) is 0 Å². The Morgan fingerprint density at radius 3 is 2.74 bits per heavy atom. The topological polar surface area (TPSA) is 21.3 Å². The van der Waals surface area contributed by atoms with Crippen molar-refractivity contribution >= 4 is 0 Å². The highest BCUT2D eigenvalue weighted by Gasteiger charge is 2.34. The Morgan fingerprint density at radius 2 is 2.05 bits per heavy atom. The van der Waals surface area contributed by atoms with Gasteiger partial charge in [-0.25, -0.2) is 8.78 Å². The van der Waals surface area contributed by atoms with Crippen LogP contribution in [0.25, 0.3) is 0 Å². The first-order valence-electron chi connectivity index (χ1n) is 7.04. The van der Waals surface area contributed by atoms with Crippen LogP contribution in [0.15, 0.2) is 18.2 Å². The van der Waals surface area contributed by atoms with Crippen LogP contribution in [-0.4, -0.2) is 19.2 Å². The lowest BCUT2D eigenvalue weighted by atomic mass is 9.91. The molecule has 3 atom stereocenters. The van der Waals surface area contributed by atoms with Gasteiger partial charge >= 0.3 is 0 Å². The van der Waals surface area contributed by atoms with E-state index < -0.39 is 6.17 Å². The molecule has 2 aliphatic rings. The SMILES string of the molecule is CC.Fc1ccc2c(c1)C(F)COC2C1CCCN1. The fourth-order valence-corrected chi connectivity index (χ4v) is 2.75. The van der Waals surface area contributed by atoms with Crippen molar-refractivity contribution in [3.05, 3.63) is 35.1 Å². The molecule has 2 nitrogen and oxygen atoms in total. The lowest BCUT2D eigenvalue weighted by Gasteiger charge is -2.32. The van der Waals surface area contributed by atoms with Gasteiger partial charge in [0.1, 0.15) is 12.0 Å². The van der Waals surface area contributed by atoms with Gasteiger partial charge < -0.3 is 10.1 Å². The van der Waals surface area contributed by atoms with Crippen molar-refractivity contribution in [3.8, 4) is 0 Å². The highest BCUT2D eigenvalue weighted by Crippen LogP contribution is 2.38. The highest BCUT2D eigenvalue weighted by atomic mass is 19.1. The first-order chi connectivity index (χ1) is 9.25. The van der Waals surface area contributed by atoms with Gasteiger partial charge in [-0.15, -0.1) is 0 Å². The molecule has 19 heavy (non-hydrogen) atoms. The molecule has 0 bridgehead atoms. The van der Waals surface area contributed by atoms with E-state index in [0.717, 1.165) is 24.9 Å². The Kier molecular flexibility index (Phi) is 4.88. The van der Waals surface area contributed by atoms with Crippen LogP contribution in [0.5, 0.6) is 0 Å². The van der Waals surface area contributed by atoms with Crippen LogP contribution in [0.4, 0.5) is 8.78 Å². The maximum Gasteiger partial charge on any atom is 0.149 e. The standard InChI is InChI=1S/C13H15F2NO.C2H6/c14-8-3-4-9-10(6-8)11(15)7-17-13(9)12-2-1-5-16-12;1-2/h3-4,6,11-13,16H,1-2,5,7H2;1-2H3. The zero-order valence-electron chi connectivity index (χ0n) is 11.5. The largest absolute Gasteiger partial charge is 0.368 e. The van der Waals surface area contributed by atoms with Crippen LogP contribution in [0.2, 0.25) is 0 Å². The van der Waals surface area contributed by atoms with Gasteiger partial charge in [0.2, 0.25) is 0 Å². The molecule has 1 saturated heterocycles. The number of alkyl halides is 1. The molecule has 0 aromatic heterocycles. The van der Waals surface area contributed by atoms with Crippen molar-refractivity contribution in [1.82, 2.24) is 5.32 Å². The summed E-state index contributed by atoms with van der Waals surface area (Å²) in [5.41, 5.74) is 1.25. The van der Waals surface area contributed by atoms with Gasteiger partial charge in [0, 0.05) is 6.04 Å². The molecule has 1 N–H and O–H groups in total. The smallest absolute Gasteiger partial charge is 0.149 e. The predicted molar refractivity (Wildman–Crippen MR) is 71.3 cm³/mol. The maximum absolute atomic E-state index is 13.7. The first kappa shape index (κ1) is 14.4. The third-order valence-corrected chi connectivity index (χ3v) is 3.58. The molecule has 0 aliphatic carbocycles. The molecule has 0 spiro atoms. The van der Waals surface area contributed by atoms with Crippen molar-refractivity contribution in [3.63, 3.8) is 0 Å². The summed E-state index contributed by atoms with van der Waals surface area (Å²) < 4.78 is 32.4. The first-order valence-corrected chi connectivity index (χ1v) is 7.04. The number of ether oxygens (including phenoxy) is 1. The molecule has 3 unspecified atom stereocenters. The van der Waals surface area contributed by atoms with Crippen LogP contribution in [0.1, 0.15) is 50.1 Å². The normalized spacial score (nSPS) is 29.4.